The van der Waals surface area contributed by atoms with E-state index in [-0.39, 0.29) is 17.4 Å². The molecule has 4 rings (SSSR count). The van der Waals surface area contributed by atoms with Crippen molar-refractivity contribution in [3.8, 4) is 5.75 Å². The van der Waals surface area contributed by atoms with E-state index in [0.29, 0.717) is 17.7 Å². The average Bonchev–Trinajstić information content (AvgIpc) is 2.55. The third kappa shape index (κ3) is 2.27. The first-order valence-electron chi connectivity index (χ1n) is 8.82. The van der Waals surface area contributed by atoms with Crippen LogP contribution >= 0.6 is 11.6 Å². The number of ether oxygens (including phenoxy) is 1. The van der Waals surface area contributed by atoms with E-state index in [4.69, 9.17) is 16.3 Å². The maximum Gasteiger partial charge on any atom is 0.258 e. The van der Waals surface area contributed by atoms with Gasteiger partial charge in [0.1, 0.15) is 11.4 Å². The van der Waals surface area contributed by atoms with Crippen molar-refractivity contribution in [3.63, 3.8) is 0 Å². The molecule has 0 amide bonds. The van der Waals surface area contributed by atoms with Gasteiger partial charge in [0, 0.05) is 24.3 Å². The van der Waals surface area contributed by atoms with E-state index >= 15 is 0 Å². The highest BCUT2D eigenvalue weighted by molar-refractivity contribution is 6.22. The zero-order valence-electron chi connectivity index (χ0n) is 15.0. The Hall–Kier alpha value is -1.52. The van der Waals surface area contributed by atoms with E-state index in [0.717, 1.165) is 17.3 Å². The quantitative estimate of drug-likeness (QED) is 0.730. The van der Waals surface area contributed by atoms with Gasteiger partial charge in [-0.3, -0.25) is 4.79 Å². The highest BCUT2D eigenvalue weighted by Gasteiger charge is 2.55. The molecule has 4 nitrogen and oxygen atoms in total. The summed E-state index contributed by atoms with van der Waals surface area (Å²) in [4.78, 5) is 13.2. The van der Waals surface area contributed by atoms with Crippen LogP contribution in [0.4, 0.5) is 0 Å². The number of hydrogen-bond acceptors (Lipinski definition) is 3. The summed E-state index contributed by atoms with van der Waals surface area (Å²) < 4.78 is 8.07. The second kappa shape index (κ2) is 5.24. The lowest BCUT2D eigenvalue weighted by molar-refractivity contribution is -0.0619. The van der Waals surface area contributed by atoms with Crippen LogP contribution in [0.5, 0.6) is 5.75 Å². The van der Waals surface area contributed by atoms with E-state index in [9.17, 15) is 9.90 Å². The minimum absolute atomic E-state index is 0.0810. The van der Waals surface area contributed by atoms with E-state index in [1.54, 1.807) is 18.5 Å². The first-order chi connectivity index (χ1) is 11.6. The molecule has 1 aliphatic carbocycles. The number of hydrogen-bond donors (Lipinski definition) is 1. The van der Waals surface area contributed by atoms with Gasteiger partial charge in [-0.1, -0.05) is 12.1 Å². The highest BCUT2D eigenvalue weighted by atomic mass is 35.5. The summed E-state index contributed by atoms with van der Waals surface area (Å²) in [5.74, 6) is 0.498. The van der Waals surface area contributed by atoms with Gasteiger partial charge in [-0.25, -0.2) is 0 Å². The Kier molecular flexibility index (Phi) is 3.55. The van der Waals surface area contributed by atoms with Crippen LogP contribution in [-0.4, -0.2) is 26.3 Å². The Morgan fingerprint density at radius 1 is 1.28 bits per heavy atom. The van der Waals surface area contributed by atoms with Crippen molar-refractivity contribution in [3.05, 3.63) is 40.2 Å². The van der Waals surface area contributed by atoms with Gasteiger partial charge in [-0.15, -0.1) is 11.6 Å². The average molecular weight is 362 g/mol. The molecule has 134 valence electrons. The molecule has 2 aliphatic rings. The molecule has 5 heteroatoms. The maximum atomic E-state index is 13.2. The largest absolute Gasteiger partial charge is 0.486 e. The molecule has 0 saturated heterocycles. The fraction of sp³-hybridized carbons (Fsp3) is 0.550. The Morgan fingerprint density at radius 3 is 2.68 bits per heavy atom. The molecule has 1 aromatic carbocycles. The highest BCUT2D eigenvalue weighted by Crippen LogP contribution is 2.55. The van der Waals surface area contributed by atoms with Crippen LogP contribution in [0, 0.1) is 5.92 Å². The van der Waals surface area contributed by atoms with E-state index in [1.807, 2.05) is 24.3 Å². The molecule has 0 bridgehead atoms. The number of aromatic nitrogens is 1. The van der Waals surface area contributed by atoms with Crippen molar-refractivity contribution in [2.75, 3.05) is 0 Å². The molecule has 25 heavy (non-hydrogen) atoms. The normalized spacial score (nSPS) is 33.4. The van der Waals surface area contributed by atoms with E-state index < -0.39 is 16.6 Å². The molecule has 4 atom stereocenters. The lowest BCUT2D eigenvalue weighted by Gasteiger charge is -2.52. The number of aliphatic hydroxyl groups is 1. The van der Waals surface area contributed by atoms with Gasteiger partial charge in [-0.2, -0.15) is 0 Å². The standard InChI is InChI=1S/C20H24ClNO3/c1-19(2)12-9-10-20(3,24)17(21)14(12)15-16(25-19)11-7-5-6-8-13(11)22(4)18(15)23/h5-8,12,14,17,24H,9-10H2,1-4H3. The minimum atomic E-state index is -0.996. The fourth-order valence-corrected chi connectivity index (χ4v) is 5.13. The van der Waals surface area contributed by atoms with Crippen LogP contribution in [-0.2, 0) is 7.05 Å². The summed E-state index contributed by atoms with van der Waals surface area (Å²) in [6.45, 7) is 5.89. The lowest BCUT2D eigenvalue weighted by atomic mass is 9.62. The zero-order chi connectivity index (χ0) is 18.1. The number of pyridine rings is 1. The predicted molar refractivity (Wildman–Crippen MR) is 99.6 cm³/mol. The zero-order valence-corrected chi connectivity index (χ0v) is 15.8. The smallest absolute Gasteiger partial charge is 0.258 e. The molecule has 1 saturated carbocycles. The number of aryl methyl sites for hydroxylation is 1. The van der Waals surface area contributed by atoms with Gasteiger partial charge in [0.2, 0.25) is 0 Å². The first kappa shape index (κ1) is 16.9. The molecule has 1 aromatic heterocycles. The lowest BCUT2D eigenvalue weighted by Crippen LogP contribution is -2.57. The monoisotopic (exact) mass is 361 g/mol. The van der Waals surface area contributed by atoms with Crippen LogP contribution in [0.1, 0.15) is 45.1 Å². The van der Waals surface area contributed by atoms with Crippen molar-refractivity contribution >= 4 is 22.5 Å². The van der Waals surface area contributed by atoms with Gasteiger partial charge in [0.05, 0.1) is 22.1 Å². The fourth-order valence-electron chi connectivity index (χ4n) is 4.72. The van der Waals surface area contributed by atoms with Gasteiger partial charge in [0.15, 0.2) is 0 Å². The summed E-state index contributed by atoms with van der Waals surface area (Å²) in [6.07, 6.45) is 1.39. The number of fused-ring (bicyclic) bond motifs is 5. The second-order valence-electron chi connectivity index (χ2n) is 8.26. The number of nitrogens with zero attached hydrogens (tertiary/aromatic N) is 1. The topological polar surface area (TPSA) is 51.5 Å². The molecular formula is C20H24ClNO3. The van der Waals surface area contributed by atoms with Crippen molar-refractivity contribution in [2.45, 2.75) is 56.1 Å². The van der Waals surface area contributed by atoms with Crippen LogP contribution in [0.15, 0.2) is 29.1 Å². The summed E-state index contributed by atoms with van der Waals surface area (Å²) in [5, 5.41) is 11.2. The van der Waals surface area contributed by atoms with E-state index in [1.165, 1.54) is 0 Å². The third-order valence-electron chi connectivity index (χ3n) is 6.19. The van der Waals surface area contributed by atoms with Crippen LogP contribution in [0.25, 0.3) is 10.9 Å². The van der Waals surface area contributed by atoms with Crippen molar-refractivity contribution in [1.82, 2.24) is 4.57 Å². The molecule has 1 fully saturated rings. The van der Waals surface area contributed by atoms with Crippen molar-refractivity contribution in [2.24, 2.45) is 13.0 Å². The SMILES string of the molecule is Cn1c(=O)c2c(c3ccccc31)OC(C)(C)C1CCC(C)(O)C(Cl)C21. The predicted octanol–water partition coefficient (Wildman–Crippen LogP) is 3.56. The summed E-state index contributed by atoms with van der Waals surface area (Å²) >= 11 is 6.76. The Labute approximate surface area is 152 Å². The molecule has 1 N–H and O–H groups in total. The van der Waals surface area contributed by atoms with Crippen LogP contribution in [0.2, 0.25) is 0 Å². The molecule has 2 aromatic rings. The second-order valence-corrected chi connectivity index (χ2v) is 8.73. The Balaban J connectivity index is 2.08. The Morgan fingerprint density at radius 2 is 1.96 bits per heavy atom. The van der Waals surface area contributed by atoms with Crippen LogP contribution < -0.4 is 10.3 Å². The summed E-state index contributed by atoms with van der Waals surface area (Å²) in [7, 11) is 1.78. The van der Waals surface area contributed by atoms with E-state index in [2.05, 4.69) is 13.8 Å². The molecule has 2 heterocycles. The van der Waals surface area contributed by atoms with Gasteiger partial charge < -0.3 is 14.4 Å². The first-order valence-corrected chi connectivity index (χ1v) is 9.26. The Bertz CT molecular complexity index is 915. The number of alkyl halides is 1. The molecular weight excluding hydrogens is 338 g/mol. The number of halogens is 1. The number of para-hydroxylation sites is 1. The summed E-state index contributed by atoms with van der Waals surface area (Å²) in [5.41, 5.74) is -0.0669. The minimum Gasteiger partial charge on any atom is -0.486 e. The van der Waals surface area contributed by atoms with Gasteiger partial charge >= 0.3 is 0 Å². The number of benzene rings is 1. The van der Waals surface area contributed by atoms with Crippen molar-refractivity contribution in [1.29, 1.82) is 0 Å². The molecule has 0 radical (unpaired) electrons. The number of rotatable bonds is 0. The molecule has 1 aliphatic heterocycles. The summed E-state index contributed by atoms with van der Waals surface area (Å²) in [6, 6.07) is 7.77. The van der Waals surface area contributed by atoms with Gasteiger partial charge in [-0.05, 0) is 45.7 Å². The van der Waals surface area contributed by atoms with Crippen molar-refractivity contribution < 1.29 is 9.84 Å². The molecule has 4 unspecified atom stereocenters. The van der Waals surface area contributed by atoms with Crippen LogP contribution in [0.3, 0.4) is 0 Å². The third-order valence-corrected chi connectivity index (χ3v) is 6.93. The molecule has 0 spiro atoms. The maximum absolute atomic E-state index is 13.2. The van der Waals surface area contributed by atoms with Gasteiger partial charge in [0.25, 0.3) is 5.56 Å².